The quantitative estimate of drug-likeness (QED) is 0.386. The summed E-state index contributed by atoms with van der Waals surface area (Å²) < 4.78 is 5.36. The number of hydrogen-bond acceptors (Lipinski definition) is 4. The number of nitrogens with zero attached hydrogens (tertiary/aromatic N) is 1. The molecule has 29 heavy (non-hydrogen) atoms. The fraction of sp³-hybridized carbons (Fsp3) is 0.292. The molecular weight excluding hydrogens is 384 g/mol. The van der Waals surface area contributed by atoms with E-state index in [1.165, 1.54) is 16.3 Å². The van der Waals surface area contributed by atoms with E-state index in [9.17, 15) is 5.11 Å². The van der Waals surface area contributed by atoms with Crippen molar-refractivity contribution in [3.8, 4) is 0 Å². The first-order valence-electron chi connectivity index (χ1n) is 9.90. The minimum Gasteiger partial charge on any atom is -0.464 e. The van der Waals surface area contributed by atoms with E-state index in [1.807, 2.05) is 42.7 Å². The number of hydrogen-bond donors (Lipinski definition) is 2. The van der Waals surface area contributed by atoms with Crippen molar-refractivity contribution in [1.29, 1.82) is 0 Å². The summed E-state index contributed by atoms with van der Waals surface area (Å²) in [7, 11) is 0. The van der Waals surface area contributed by atoms with Gasteiger partial charge >= 0.3 is 0 Å². The van der Waals surface area contributed by atoms with Gasteiger partial charge in [-0.25, -0.2) is 0 Å². The normalized spacial score (nSPS) is 13.3. The van der Waals surface area contributed by atoms with Crippen molar-refractivity contribution in [2.24, 2.45) is 0 Å². The molecule has 2 atom stereocenters. The highest BCUT2D eigenvalue weighted by molar-refractivity contribution is 5.85. The predicted octanol–water partition coefficient (Wildman–Crippen LogP) is 5.78. The molecule has 0 aliphatic heterocycles. The molecule has 0 bridgehead atoms. The van der Waals surface area contributed by atoms with Crippen LogP contribution in [0.3, 0.4) is 0 Å². The van der Waals surface area contributed by atoms with Crippen LogP contribution in [0.25, 0.3) is 21.7 Å². The van der Waals surface area contributed by atoms with Crippen molar-refractivity contribution in [1.82, 2.24) is 10.3 Å². The second-order valence-corrected chi connectivity index (χ2v) is 7.50. The van der Waals surface area contributed by atoms with E-state index in [0.717, 1.165) is 42.3 Å². The minimum absolute atomic E-state index is 0. The Morgan fingerprint density at radius 1 is 1.00 bits per heavy atom. The van der Waals surface area contributed by atoms with Crippen molar-refractivity contribution >= 4 is 34.1 Å². The highest BCUT2D eigenvalue weighted by Gasteiger charge is 2.10. The molecule has 5 heteroatoms. The Morgan fingerprint density at radius 2 is 1.90 bits per heavy atom. The van der Waals surface area contributed by atoms with Crippen molar-refractivity contribution in [3.05, 3.63) is 78.3 Å². The number of aromatic nitrogens is 1. The lowest BCUT2D eigenvalue weighted by Gasteiger charge is -2.16. The molecule has 152 valence electrons. The summed E-state index contributed by atoms with van der Waals surface area (Å²) in [5, 5.41) is 17.5. The molecule has 0 amide bonds. The Kier molecular flexibility index (Phi) is 7.26. The van der Waals surface area contributed by atoms with Crippen molar-refractivity contribution in [2.75, 3.05) is 0 Å². The maximum atomic E-state index is 10.5. The molecule has 1 unspecified atom stereocenters. The molecule has 0 radical (unpaired) electrons. The Morgan fingerprint density at radius 3 is 2.79 bits per heavy atom. The van der Waals surface area contributed by atoms with Gasteiger partial charge in [0.25, 0.3) is 0 Å². The average Bonchev–Trinajstić information content (AvgIpc) is 3.20. The van der Waals surface area contributed by atoms with Gasteiger partial charge in [0.05, 0.1) is 12.4 Å². The van der Waals surface area contributed by atoms with Gasteiger partial charge in [-0.3, -0.25) is 4.98 Å². The maximum absolute atomic E-state index is 10.5. The lowest BCUT2D eigenvalue weighted by molar-refractivity contribution is 0.162. The van der Waals surface area contributed by atoms with E-state index in [2.05, 4.69) is 35.4 Å². The number of furan rings is 1. The summed E-state index contributed by atoms with van der Waals surface area (Å²) >= 11 is 0. The van der Waals surface area contributed by atoms with E-state index < -0.39 is 6.10 Å². The number of rotatable bonds is 8. The molecule has 2 aromatic carbocycles. The average molecular weight is 411 g/mol. The maximum Gasteiger partial charge on any atom is 0.133 e. The molecule has 0 saturated carbocycles. The molecule has 4 rings (SSSR count). The number of halogens is 1. The number of pyridine rings is 1. The number of benzene rings is 2. The third-order valence-electron chi connectivity index (χ3n) is 5.34. The van der Waals surface area contributed by atoms with Crippen LogP contribution < -0.4 is 5.32 Å². The lowest BCUT2D eigenvalue weighted by Crippen LogP contribution is -2.25. The fourth-order valence-corrected chi connectivity index (χ4v) is 3.61. The summed E-state index contributed by atoms with van der Waals surface area (Å²) in [6.45, 7) is 3.05. The van der Waals surface area contributed by atoms with Gasteiger partial charge in [0.15, 0.2) is 0 Å². The van der Waals surface area contributed by atoms with Gasteiger partial charge in [-0.15, -0.1) is 12.4 Å². The Hall–Kier alpha value is -2.40. The van der Waals surface area contributed by atoms with Crippen molar-refractivity contribution in [3.63, 3.8) is 0 Å². The van der Waals surface area contributed by atoms with Gasteiger partial charge in [-0.1, -0.05) is 18.2 Å². The number of fused-ring (bicyclic) bond motifs is 2. The summed E-state index contributed by atoms with van der Waals surface area (Å²) in [6.07, 6.45) is 7.74. The number of nitrogens with one attached hydrogen (secondary N) is 1. The van der Waals surface area contributed by atoms with E-state index in [4.69, 9.17) is 4.42 Å². The highest BCUT2D eigenvalue weighted by Crippen LogP contribution is 2.24. The molecule has 2 aromatic heterocycles. The van der Waals surface area contributed by atoms with Crippen LogP contribution in [0.4, 0.5) is 0 Å². The minimum atomic E-state index is -0.430. The first-order chi connectivity index (χ1) is 13.7. The third kappa shape index (κ3) is 5.36. The number of aliphatic hydroxyl groups excluding tert-OH is 1. The molecule has 4 aromatic rings. The lowest BCUT2D eigenvalue weighted by atomic mass is 10.0. The van der Waals surface area contributed by atoms with Crippen molar-refractivity contribution < 1.29 is 9.52 Å². The van der Waals surface area contributed by atoms with Crippen LogP contribution in [0.5, 0.6) is 0 Å². The fourth-order valence-electron chi connectivity index (χ4n) is 3.61. The van der Waals surface area contributed by atoms with Gasteiger partial charge in [-0.2, -0.15) is 0 Å². The zero-order valence-corrected chi connectivity index (χ0v) is 17.4. The van der Waals surface area contributed by atoms with E-state index in [0.29, 0.717) is 6.04 Å². The molecule has 0 aliphatic rings. The third-order valence-corrected chi connectivity index (χ3v) is 5.34. The largest absolute Gasteiger partial charge is 0.464 e. The van der Waals surface area contributed by atoms with Crippen LogP contribution in [0, 0.1) is 0 Å². The molecule has 4 nitrogen and oxygen atoms in total. The molecule has 2 heterocycles. The zero-order chi connectivity index (χ0) is 19.3. The topological polar surface area (TPSA) is 58.3 Å². The van der Waals surface area contributed by atoms with Crippen LogP contribution in [0.1, 0.15) is 43.4 Å². The van der Waals surface area contributed by atoms with Gasteiger partial charge in [-0.05, 0) is 73.0 Å². The first kappa shape index (κ1) is 21.3. The SMILES string of the molecule is C[C@H](CCCC(O)c1ccc2occc2c1)NCc1ccc2cnccc2c1.Cl. The Balaban J connectivity index is 0.00000240. The zero-order valence-electron chi connectivity index (χ0n) is 16.5. The van der Waals surface area contributed by atoms with Crippen LogP contribution in [-0.4, -0.2) is 16.1 Å². The number of aliphatic hydroxyl groups is 1. The second-order valence-electron chi connectivity index (χ2n) is 7.50. The summed E-state index contributed by atoms with van der Waals surface area (Å²) in [5.74, 6) is 0. The van der Waals surface area contributed by atoms with E-state index >= 15 is 0 Å². The van der Waals surface area contributed by atoms with Gasteiger partial charge in [0.2, 0.25) is 0 Å². The van der Waals surface area contributed by atoms with Gasteiger partial charge < -0.3 is 14.8 Å². The second kappa shape index (κ2) is 9.88. The molecular formula is C24H27ClN2O2. The highest BCUT2D eigenvalue weighted by atomic mass is 35.5. The standard InChI is InChI=1S/C24H26N2O2.ClH/c1-17(26-15-18-5-6-22-16-25-11-9-19(22)13-18)3-2-4-23(27)20-7-8-24-21(14-20)10-12-28-24;/h5-14,16-17,23,26-27H,2-4,15H2,1H3;1H/t17-,23?;/m1./s1. The molecule has 0 spiro atoms. The Bertz CT molecular complexity index is 1060. The monoisotopic (exact) mass is 410 g/mol. The van der Waals surface area contributed by atoms with Crippen LogP contribution in [-0.2, 0) is 6.54 Å². The summed E-state index contributed by atoms with van der Waals surface area (Å²) in [6, 6.07) is 16.8. The molecule has 2 N–H and O–H groups in total. The molecule has 0 aliphatic carbocycles. The molecule has 0 saturated heterocycles. The van der Waals surface area contributed by atoms with Crippen LogP contribution >= 0.6 is 12.4 Å². The first-order valence-corrected chi connectivity index (χ1v) is 9.90. The van der Waals surface area contributed by atoms with Crippen molar-refractivity contribution in [2.45, 2.75) is 44.9 Å². The van der Waals surface area contributed by atoms with Crippen LogP contribution in [0.15, 0.2) is 71.6 Å². The van der Waals surface area contributed by atoms with Crippen LogP contribution in [0.2, 0.25) is 0 Å². The van der Waals surface area contributed by atoms with E-state index in [1.54, 1.807) is 6.26 Å². The molecule has 0 fully saturated rings. The summed E-state index contributed by atoms with van der Waals surface area (Å²) in [4.78, 5) is 4.16. The summed E-state index contributed by atoms with van der Waals surface area (Å²) in [5.41, 5.74) is 3.10. The smallest absolute Gasteiger partial charge is 0.133 e. The van der Waals surface area contributed by atoms with E-state index in [-0.39, 0.29) is 12.4 Å². The van der Waals surface area contributed by atoms with Gasteiger partial charge in [0, 0.05) is 35.8 Å². The predicted molar refractivity (Wildman–Crippen MR) is 120 cm³/mol. The van der Waals surface area contributed by atoms with Gasteiger partial charge in [0.1, 0.15) is 5.58 Å². The Labute approximate surface area is 177 Å².